The Bertz CT molecular complexity index is 475. The second-order valence-corrected chi connectivity index (χ2v) is 4.80. The number of ether oxygens (including phenoxy) is 1. The summed E-state index contributed by atoms with van der Waals surface area (Å²) in [7, 11) is 0. The van der Waals surface area contributed by atoms with Gasteiger partial charge in [-0.3, -0.25) is 4.90 Å². The Morgan fingerprint density at radius 1 is 1.25 bits per heavy atom. The van der Waals surface area contributed by atoms with Crippen LogP contribution in [0.4, 0.5) is 13.2 Å². The zero-order valence-corrected chi connectivity index (χ0v) is 10.9. The van der Waals surface area contributed by atoms with Crippen molar-refractivity contribution >= 4 is 0 Å². The van der Waals surface area contributed by atoms with Crippen molar-refractivity contribution in [3.05, 3.63) is 29.8 Å². The van der Waals surface area contributed by atoms with Crippen molar-refractivity contribution in [3.63, 3.8) is 0 Å². The van der Waals surface area contributed by atoms with E-state index in [-0.39, 0.29) is 5.75 Å². The molecule has 1 aliphatic carbocycles. The first-order chi connectivity index (χ1) is 9.48. The Labute approximate surface area is 115 Å². The number of hydrogen-bond acceptors (Lipinski definition) is 3. The van der Waals surface area contributed by atoms with E-state index in [4.69, 9.17) is 5.26 Å². The van der Waals surface area contributed by atoms with Crippen LogP contribution in [0.2, 0.25) is 0 Å². The molecule has 0 atom stereocenters. The number of benzene rings is 1. The molecule has 0 aromatic heterocycles. The summed E-state index contributed by atoms with van der Waals surface area (Å²) < 4.78 is 40.0. The van der Waals surface area contributed by atoms with Gasteiger partial charge in [-0.05, 0) is 30.5 Å². The first kappa shape index (κ1) is 14.7. The second kappa shape index (κ2) is 6.14. The van der Waals surface area contributed by atoms with Gasteiger partial charge >= 0.3 is 6.36 Å². The second-order valence-electron chi connectivity index (χ2n) is 4.80. The summed E-state index contributed by atoms with van der Waals surface area (Å²) in [5, 5.41) is 8.63. The lowest BCUT2D eigenvalue weighted by Gasteiger charge is -2.20. The van der Waals surface area contributed by atoms with E-state index in [1.165, 1.54) is 12.1 Å². The van der Waals surface area contributed by atoms with Crippen molar-refractivity contribution in [3.8, 4) is 11.8 Å². The Morgan fingerprint density at radius 2 is 1.90 bits per heavy atom. The highest BCUT2D eigenvalue weighted by Gasteiger charge is 2.31. The van der Waals surface area contributed by atoms with Crippen molar-refractivity contribution in [2.75, 3.05) is 6.54 Å². The van der Waals surface area contributed by atoms with Crippen LogP contribution < -0.4 is 4.74 Å². The monoisotopic (exact) mass is 284 g/mol. The summed E-state index contributed by atoms with van der Waals surface area (Å²) >= 11 is 0. The third kappa shape index (κ3) is 4.74. The fourth-order valence-corrected chi connectivity index (χ4v) is 2.06. The Morgan fingerprint density at radius 3 is 2.40 bits per heavy atom. The van der Waals surface area contributed by atoms with Gasteiger partial charge in [0.15, 0.2) is 0 Å². The normalized spacial score (nSPS) is 15.2. The molecular formula is C14H15F3N2O. The van der Waals surface area contributed by atoms with Crippen molar-refractivity contribution < 1.29 is 17.9 Å². The fourth-order valence-electron chi connectivity index (χ4n) is 2.06. The first-order valence-corrected chi connectivity index (χ1v) is 6.43. The van der Waals surface area contributed by atoms with Gasteiger partial charge in [-0.25, -0.2) is 0 Å². The predicted molar refractivity (Wildman–Crippen MR) is 66.8 cm³/mol. The quantitative estimate of drug-likeness (QED) is 0.802. The van der Waals surface area contributed by atoms with E-state index in [2.05, 4.69) is 15.7 Å². The maximum Gasteiger partial charge on any atom is 0.573 e. The van der Waals surface area contributed by atoms with E-state index in [0.717, 1.165) is 18.4 Å². The lowest BCUT2D eigenvalue weighted by atomic mass is 10.2. The van der Waals surface area contributed by atoms with Gasteiger partial charge in [0, 0.05) is 25.6 Å². The van der Waals surface area contributed by atoms with Crippen LogP contribution in [0.1, 0.15) is 24.8 Å². The number of nitriles is 1. The topological polar surface area (TPSA) is 36.3 Å². The minimum absolute atomic E-state index is 0.212. The largest absolute Gasteiger partial charge is 0.573 e. The number of halogens is 3. The van der Waals surface area contributed by atoms with Crippen LogP contribution in [0.15, 0.2) is 24.3 Å². The molecule has 3 nitrogen and oxygen atoms in total. The molecule has 0 spiro atoms. The standard InChI is InChI=1S/C14H15F3N2O/c15-14(16,17)20-13-6-2-11(3-7-13)10-19(9-1-8-18)12-4-5-12/h2-3,6-7,12H,1,4-5,9-10H2. The average Bonchev–Trinajstić information content (AvgIpc) is 3.19. The summed E-state index contributed by atoms with van der Waals surface area (Å²) in [5.74, 6) is -0.212. The number of alkyl halides is 3. The lowest BCUT2D eigenvalue weighted by molar-refractivity contribution is -0.274. The molecule has 0 radical (unpaired) electrons. The molecule has 0 bridgehead atoms. The fraction of sp³-hybridized carbons (Fsp3) is 0.500. The number of hydrogen-bond donors (Lipinski definition) is 0. The Hall–Kier alpha value is -1.74. The maximum atomic E-state index is 12.0. The minimum Gasteiger partial charge on any atom is -0.406 e. The summed E-state index contributed by atoms with van der Waals surface area (Å²) in [6.07, 6.45) is -1.94. The van der Waals surface area contributed by atoms with Gasteiger partial charge in [-0.1, -0.05) is 12.1 Å². The Balaban J connectivity index is 1.93. The van der Waals surface area contributed by atoms with Crippen molar-refractivity contribution in [2.24, 2.45) is 0 Å². The summed E-state index contributed by atoms with van der Waals surface area (Å²) in [6, 6.07) is 8.51. The smallest absolute Gasteiger partial charge is 0.406 e. The highest BCUT2D eigenvalue weighted by molar-refractivity contribution is 5.27. The molecule has 0 unspecified atom stereocenters. The minimum atomic E-state index is -4.66. The van der Waals surface area contributed by atoms with Crippen LogP contribution >= 0.6 is 0 Å². The molecule has 2 rings (SSSR count). The molecule has 6 heteroatoms. The molecule has 108 valence electrons. The molecule has 0 N–H and O–H groups in total. The number of nitrogens with zero attached hydrogens (tertiary/aromatic N) is 2. The van der Waals surface area contributed by atoms with Gasteiger partial charge in [0.1, 0.15) is 5.75 Å². The third-order valence-corrected chi connectivity index (χ3v) is 3.12. The Kier molecular flexibility index (Phi) is 4.50. The van der Waals surface area contributed by atoms with Crippen LogP contribution in [-0.4, -0.2) is 23.8 Å². The molecule has 1 aromatic carbocycles. The van der Waals surface area contributed by atoms with Crippen LogP contribution in [0.5, 0.6) is 5.75 Å². The van der Waals surface area contributed by atoms with Crippen molar-refractivity contribution in [1.29, 1.82) is 5.26 Å². The molecule has 0 amide bonds. The van der Waals surface area contributed by atoms with Gasteiger partial charge < -0.3 is 4.74 Å². The highest BCUT2D eigenvalue weighted by atomic mass is 19.4. The molecule has 20 heavy (non-hydrogen) atoms. The zero-order valence-electron chi connectivity index (χ0n) is 10.9. The van der Waals surface area contributed by atoms with E-state index in [1.807, 2.05) is 0 Å². The first-order valence-electron chi connectivity index (χ1n) is 6.43. The summed E-state index contributed by atoms with van der Waals surface area (Å²) in [4.78, 5) is 2.20. The van der Waals surface area contributed by atoms with Gasteiger partial charge in [0.05, 0.1) is 6.07 Å². The van der Waals surface area contributed by atoms with Crippen LogP contribution in [0.3, 0.4) is 0 Å². The molecular weight excluding hydrogens is 269 g/mol. The van der Waals surface area contributed by atoms with Crippen LogP contribution in [-0.2, 0) is 6.54 Å². The summed E-state index contributed by atoms with van der Waals surface area (Å²) in [5.41, 5.74) is 0.921. The van der Waals surface area contributed by atoms with E-state index in [9.17, 15) is 13.2 Å². The lowest BCUT2D eigenvalue weighted by Crippen LogP contribution is -2.26. The summed E-state index contributed by atoms with van der Waals surface area (Å²) in [6.45, 7) is 1.35. The predicted octanol–water partition coefficient (Wildman–Crippen LogP) is 3.46. The molecule has 1 saturated carbocycles. The third-order valence-electron chi connectivity index (χ3n) is 3.12. The highest BCUT2D eigenvalue weighted by Crippen LogP contribution is 2.29. The number of rotatable bonds is 6. The molecule has 1 aliphatic rings. The van der Waals surface area contributed by atoms with Crippen molar-refractivity contribution in [2.45, 2.75) is 38.2 Å². The molecule has 0 aliphatic heterocycles. The molecule has 0 heterocycles. The average molecular weight is 284 g/mol. The van der Waals surface area contributed by atoms with E-state index >= 15 is 0 Å². The van der Waals surface area contributed by atoms with Gasteiger partial charge in [0.25, 0.3) is 0 Å². The molecule has 0 saturated heterocycles. The van der Waals surface area contributed by atoms with Crippen LogP contribution in [0.25, 0.3) is 0 Å². The van der Waals surface area contributed by atoms with Gasteiger partial charge in [-0.2, -0.15) is 5.26 Å². The molecule has 1 fully saturated rings. The van der Waals surface area contributed by atoms with E-state index in [1.54, 1.807) is 12.1 Å². The van der Waals surface area contributed by atoms with Gasteiger partial charge in [0.2, 0.25) is 0 Å². The zero-order chi connectivity index (χ0) is 14.6. The van der Waals surface area contributed by atoms with Gasteiger partial charge in [-0.15, -0.1) is 13.2 Å². The molecule has 1 aromatic rings. The SMILES string of the molecule is N#CCCN(Cc1ccc(OC(F)(F)F)cc1)C1CC1. The van der Waals surface area contributed by atoms with Crippen molar-refractivity contribution in [1.82, 2.24) is 4.90 Å². The van der Waals surface area contributed by atoms with E-state index < -0.39 is 6.36 Å². The van der Waals surface area contributed by atoms with E-state index in [0.29, 0.717) is 25.6 Å². The maximum absolute atomic E-state index is 12.0. The van der Waals surface area contributed by atoms with Crippen LogP contribution in [0, 0.1) is 11.3 Å².